The Morgan fingerprint density at radius 2 is 1.87 bits per heavy atom. The number of nitrogens with one attached hydrogen (secondary N) is 2. The average molecular weight is 521 g/mol. The number of anilines is 1. The van der Waals surface area contributed by atoms with Crippen LogP contribution in [0.1, 0.15) is 64.2 Å². The van der Waals surface area contributed by atoms with Crippen LogP contribution >= 0.6 is 0 Å². The molecule has 4 N–H and O–H groups in total. The minimum Gasteiger partial charge on any atom is -0.354 e. The molecule has 6 rings (SSSR count). The van der Waals surface area contributed by atoms with Gasteiger partial charge in [0.05, 0.1) is 11.3 Å². The maximum Gasteiger partial charge on any atom is 0.230 e. The Bertz CT molecular complexity index is 1080. The summed E-state index contributed by atoms with van der Waals surface area (Å²) in [5.74, 6) is 0.866. The molecule has 0 spiro atoms. The van der Waals surface area contributed by atoms with E-state index in [4.69, 9.17) is 5.73 Å². The van der Waals surface area contributed by atoms with E-state index in [1.165, 1.54) is 12.2 Å². The van der Waals surface area contributed by atoms with E-state index in [0.29, 0.717) is 42.2 Å². The van der Waals surface area contributed by atoms with Crippen LogP contribution in [0.4, 0.5) is 10.1 Å². The van der Waals surface area contributed by atoms with Crippen molar-refractivity contribution in [3.8, 4) is 0 Å². The first kappa shape index (κ1) is 26.8. The van der Waals surface area contributed by atoms with Gasteiger partial charge in [0.1, 0.15) is 5.83 Å². The van der Waals surface area contributed by atoms with E-state index in [9.17, 15) is 14.0 Å². The van der Waals surface area contributed by atoms with Gasteiger partial charge in [-0.15, -0.1) is 0 Å². The second-order valence-corrected chi connectivity index (χ2v) is 12.1. The van der Waals surface area contributed by atoms with Gasteiger partial charge in [0.15, 0.2) is 0 Å². The molecular formula is C31H41FN4O2. The lowest BCUT2D eigenvalue weighted by Gasteiger charge is -2.60. The van der Waals surface area contributed by atoms with Crippen molar-refractivity contribution in [2.45, 2.75) is 70.3 Å². The van der Waals surface area contributed by atoms with Crippen LogP contribution in [0.2, 0.25) is 0 Å². The van der Waals surface area contributed by atoms with Crippen molar-refractivity contribution in [1.82, 2.24) is 10.3 Å². The molecule has 4 bridgehead atoms. The molecular weight excluding hydrogens is 479 g/mol. The van der Waals surface area contributed by atoms with Crippen LogP contribution < -0.4 is 16.4 Å². The Morgan fingerprint density at radius 3 is 2.61 bits per heavy atom. The maximum atomic E-state index is 14.2. The first-order chi connectivity index (χ1) is 18.3. The normalized spacial score (nSPS) is 35.9. The summed E-state index contributed by atoms with van der Waals surface area (Å²) in [5, 5.41) is 6.23. The van der Waals surface area contributed by atoms with Gasteiger partial charge in [0, 0.05) is 30.7 Å². The number of rotatable bonds is 6. The summed E-state index contributed by atoms with van der Waals surface area (Å²) in [4.78, 5) is 30.7. The number of nitrogens with two attached hydrogens (primary N) is 1. The lowest BCUT2D eigenvalue weighted by atomic mass is 9.45. The van der Waals surface area contributed by atoms with Crippen molar-refractivity contribution in [3.63, 3.8) is 0 Å². The molecule has 38 heavy (non-hydrogen) atoms. The third kappa shape index (κ3) is 5.78. The predicted molar refractivity (Wildman–Crippen MR) is 147 cm³/mol. The minimum absolute atomic E-state index is 0.116. The van der Waals surface area contributed by atoms with E-state index < -0.39 is 5.92 Å². The summed E-state index contributed by atoms with van der Waals surface area (Å²) in [5.41, 5.74) is 7.75. The van der Waals surface area contributed by atoms with Crippen molar-refractivity contribution >= 4 is 17.5 Å². The fraction of sp³-hybridized carbons (Fsp3) is 0.581. The molecule has 0 aliphatic heterocycles. The number of aromatic nitrogens is 1. The van der Waals surface area contributed by atoms with Crippen LogP contribution in [-0.2, 0) is 9.59 Å². The molecule has 4 unspecified atom stereocenters. The van der Waals surface area contributed by atoms with Gasteiger partial charge in [-0.1, -0.05) is 25.5 Å². The van der Waals surface area contributed by atoms with Gasteiger partial charge in [-0.05, 0) is 105 Å². The number of carbonyl (C=O) groups excluding carboxylic acids is 2. The molecule has 1 aromatic heterocycles. The molecule has 0 aromatic carbocycles. The highest BCUT2D eigenvalue weighted by atomic mass is 19.1. The van der Waals surface area contributed by atoms with Crippen LogP contribution in [0.25, 0.3) is 0 Å². The zero-order chi connectivity index (χ0) is 26.7. The third-order valence-electron chi connectivity index (χ3n) is 9.50. The molecule has 5 aliphatic rings. The SMILES string of the molecule is C=C1/C=C(F)\C=C/CCCCCC1C(=O)NCC(N)C1C2CC3CC1CC(C(=O)Nc1ccncc1)(C3)C2. The molecule has 4 atom stereocenters. The van der Waals surface area contributed by atoms with E-state index in [1.54, 1.807) is 12.4 Å². The molecule has 2 amide bonds. The Hall–Kier alpha value is -2.80. The van der Waals surface area contributed by atoms with Gasteiger partial charge in [-0.2, -0.15) is 0 Å². The van der Waals surface area contributed by atoms with Crippen molar-refractivity contribution in [2.75, 3.05) is 11.9 Å². The summed E-state index contributed by atoms with van der Waals surface area (Å²) in [6.45, 7) is 4.41. The van der Waals surface area contributed by atoms with E-state index in [0.717, 1.165) is 63.5 Å². The topological polar surface area (TPSA) is 97.1 Å². The second-order valence-electron chi connectivity index (χ2n) is 12.1. The molecule has 1 heterocycles. The zero-order valence-corrected chi connectivity index (χ0v) is 22.2. The fourth-order valence-corrected chi connectivity index (χ4v) is 8.01. The van der Waals surface area contributed by atoms with Crippen LogP contribution in [0.3, 0.4) is 0 Å². The monoisotopic (exact) mass is 520 g/mol. The van der Waals surface area contributed by atoms with Gasteiger partial charge < -0.3 is 16.4 Å². The Kier molecular flexibility index (Phi) is 8.12. The molecule has 5 aliphatic carbocycles. The van der Waals surface area contributed by atoms with Gasteiger partial charge in [0.2, 0.25) is 11.8 Å². The van der Waals surface area contributed by atoms with Crippen molar-refractivity contribution in [2.24, 2.45) is 40.7 Å². The average Bonchev–Trinajstić information content (AvgIpc) is 2.92. The van der Waals surface area contributed by atoms with E-state index in [-0.39, 0.29) is 29.1 Å². The number of amides is 2. The first-order valence-corrected chi connectivity index (χ1v) is 14.3. The molecule has 0 saturated heterocycles. The number of hydrogen-bond acceptors (Lipinski definition) is 4. The lowest BCUT2D eigenvalue weighted by Crippen LogP contribution is -2.60. The van der Waals surface area contributed by atoms with E-state index >= 15 is 0 Å². The summed E-state index contributed by atoms with van der Waals surface area (Å²) >= 11 is 0. The largest absolute Gasteiger partial charge is 0.354 e. The van der Waals surface area contributed by atoms with Gasteiger partial charge in [-0.3, -0.25) is 14.6 Å². The number of carbonyl (C=O) groups is 2. The van der Waals surface area contributed by atoms with Crippen LogP contribution in [0.5, 0.6) is 0 Å². The molecule has 7 heteroatoms. The predicted octanol–water partition coefficient (Wildman–Crippen LogP) is 5.45. The summed E-state index contributed by atoms with van der Waals surface area (Å²) in [6, 6.07) is 3.49. The Morgan fingerprint density at radius 1 is 1.13 bits per heavy atom. The zero-order valence-electron chi connectivity index (χ0n) is 22.2. The summed E-state index contributed by atoms with van der Waals surface area (Å²) < 4.78 is 14.2. The standard InChI is InChI=1S/C31H41FN4O2/c1-20-13-24(32)7-5-3-2-4-6-8-26(20)29(37)35-19-27(33)28-22-14-21-15-23(28)18-31(16-21,17-22)30(38)36-25-9-11-34-12-10-25/h5,7,9-13,21-23,26-28H,1-4,6,8,14-19,33H2,(H,35,37)(H,34,36,38)/b7-5-,24-13+. The van der Waals surface area contributed by atoms with Crippen molar-refractivity contribution in [1.29, 1.82) is 0 Å². The maximum absolute atomic E-state index is 14.2. The summed E-state index contributed by atoms with van der Waals surface area (Å²) in [7, 11) is 0. The van der Waals surface area contributed by atoms with E-state index in [2.05, 4.69) is 22.2 Å². The highest BCUT2D eigenvalue weighted by Crippen LogP contribution is 2.63. The molecule has 6 nitrogen and oxygen atoms in total. The van der Waals surface area contributed by atoms with Gasteiger partial charge in [-0.25, -0.2) is 4.39 Å². The number of nitrogens with zero attached hydrogens (tertiary/aromatic N) is 1. The number of halogens is 1. The van der Waals surface area contributed by atoms with Gasteiger partial charge in [0.25, 0.3) is 0 Å². The molecule has 4 saturated carbocycles. The lowest BCUT2D eigenvalue weighted by molar-refractivity contribution is -0.149. The molecule has 204 valence electrons. The highest BCUT2D eigenvalue weighted by molar-refractivity contribution is 5.95. The van der Waals surface area contributed by atoms with Crippen LogP contribution in [0, 0.1) is 35.0 Å². The van der Waals surface area contributed by atoms with Crippen LogP contribution in [-0.4, -0.2) is 29.4 Å². The van der Waals surface area contributed by atoms with Crippen molar-refractivity contribution < 1.29 is 14.0 Å². The highest BCUT2D eigenvalue weighted by Gasteiger charge is 2.59. The minimum atomic E-state index is -0.446. The summed E-state index contributed by atoms with van der Waals surface area (Å²) in [6.07, 6.45) is 17.4. The van der Waals surface area contributed by atoms with E-state index in [1.807, 2.05) is 18.2 Å². The first-order valence-electron chi connectivity index (χ1n) is 14.3. The number of hydrogen-bond donors (Lipinski definition) is 3. The Labute approximate surface area is 225 Å². The second kappa shape index (κ2) is 11.5. The Balaban J connectivity index is 1.20. The molecule has 1 aromatic rings. The molecule has 0 radical (unpaired) electrons. The number of pyridine rings is 1. The fourth-order valence-electron chi connectivity index (χ4n) is 8.01. The molecule has 4 fully saturated rings. The number of allylic oxidation sites excluding steroid dienone is 4. The van der Waals surface area contributed by atoms with Crippen LogP contribution in [0.15, 0.2) is 60.7 Å². The quantitative estimate of drug-likeness (QED) is 0.465. The third-order valence-corrected chi connectivity index (χ3v) is 9.50. The smallest absolute Gasteiger partial charge is 0.230 e. The van der Waals surface area contributed by atoms with Gasteiger partial charge >= 0.3 is 0 Å². The van der Waals surface area contributed by atoms with Crippen molar-refractivity contribution in [3.05, 3.63) is 60.7 Å².